The zero-order valence-electron chi connectivity index (χ0n) is 29.6. The molecule has 3 N–H and O–H groups in total. The molecule has 2 aromatic carbocycles. The lowest BCUT2D eigenvalue weighted by Gasteiger charge is -2.31. The first-order valence-corrected chi connectivity index (χ1v) is 17.3. The van der Waals surface area contributed by atoms with Gasteiger partial charge in [0.05, 0.1) is 18.8 Å². The molecule has 0 fully saturated rings. The molecule has 4 heteroatoms. The van der Waals surface area contributed by atoms with E-state index in [2.05, 4.69) is 118 Å². The maximum Gasteiger partial charge on any atom is 0.141 e. The van der Waals surface area contributed by atoms with E-state index < -0.39 is 0 Å². The lowest BCUT2D eigenvalue weighted by Crippen LogP contribution is -2.38. The molecule has 2 aromatic rings. The number of hydrogen-bond donors (Lipinski definition) is 3. The smallest absolute Gasteiger partial charge is 0.141 e. The predicted molar refractivity (Wildman–Crippen MR) is 200 cm³/mol. The Balaban J connectivity index is 1.87. The molecule has 0 saturated heterocycles. The molecular weight excluding hydrogens is 562 g/mol. The van der Waals surface area contributed by atoms with Gasteiger partial charge in [-0.2, -0.15) is 0 Å². The van der Waals surface area contributed by atoms with Crippen LogP contribution in [0.15, 0.2) is 110 Å². The summed E-state index contributed by atoms with van der Waals surface area (Å²) in [5, 5.41) is 10.6. The van der Waals surface area contributed by atoms with E-state index in [1.807, 2.05) is 13.1 Å². The minimum Gasteiger partial charge on any atom is -0.495 e. The Hall–Kier alpha value is -3.66. The van der Waals surface area contributed by atoms with Crippen LogP contribution in [0.4, 0.5) is 5.69 Å². The first kappa shape index (κ1) is 36.8. The number of anilines is 1. The average molecular weight is 624 g/mol. The van der Waals surface area contributed by atoms with Crippen LogP contribution in [0, 0.1) is 29.6 Å². The number of methoxy groups -OCH3 is 1. The predicted octanol–water partition coefficient (Wildman–Crippen LogP) is 9.89. The fraction of sp³-hybridized carbons (Fsp3) is 0.476. The maximum absolute atomic E-state index is 5.53. The van der Waals surface area contributed by atoms with E-state index in [1.54, 1.807) is 7.11 Å². The SMILES string of the molecule is C=C1/C=C/C[C@@H](C(C)CCc2ccccc2)CC(=C)C(CC(C)C)CC(=C)C(C)CNC(=C)[C@@H](Cc2ccc(OC)c(NC)c2)N1. The Bertz CT molecular complexity index is 1320. The van der Waals surface area contributed by atoms with Crippen LogP contribution in [0.1, 0.15) is 70.9 Å². The van der Waals surface area contributed by atoms with Crippen LogP contribution in [0.5, 0.6) is 5.75 Å². The van der Waals surface area contributed by atoms with E-state index in [-0.39, 0.29) is 6.04 Å². The zero-order valence-corrected chi connectivity index (χ0v) is 29.6. The molecule has 1 heterocycles. The molecular formula is C42H61N3O. The molecule has 0 saturated carbocycles. The highest BCUT2D eigenvalue weighted by atomic mass is 16.5. The van der Waals surface area contributed by atoms with Crippen LogP contribution in [-0.4, -0.2) is 26.7 Å². The van der Waals surface area contributed by atoms with E-state index in [0.717, 1.165) is 74.3 Å². The van der Waals surface area contributed by atoms with Crippen molar-refractivity contribution in [3.8, 4) is 5.75 Å². The van der Waals surface area contributed by atoms with Gasteiger partial charge in [0, 0.05) is 25.0 Å². The molecule has 0 bridgehead atoms. The van der Waals surface area contributed by atoms with Gasteiger partial charge in [-0.3, -0.25) is 0 Å². The molecule has 0 aliphatic carbocycles. The second kappa shape index (κ2) is 18.5. The summed E-state index contributed by atoms with van der Waals surface area (Å²) in [6.07, 6.45) is 11.7. The fourth-order valence-corrected chi connectivity index (χ4v) is 6.56. The normalized spacial score (nSPS) is 23.4. The Morgan fingerprint density at radius 3 is 2.37 bits per heavy atom. The lowest BCUT2D eigenvalue weighted by atomic mass is 9.76. The van der Waals surface area contributed by atoms with Crippen LogP contribution in [0.2, 0.25) is 0 Å². The highest BCUT2D eigenvalue weighted by molar-refractivity contribution is 5.58. The third-order valence-electron chi connectivity index (χ3n) is 9.75. The van der Waals surface area contributed by atoms with Crippen LogP contribution in [0.3, 0.4) is 0 Å². The van der Waals surface area contributed by atoms with Gasteiger partial charge >= 0.3 is 0 Å². The number of allylic oxidation sites excluding steroid dienone is 3. The molecule has 0 radical (unpaired) electrons. The van der Waals surface area contributed by atoms with E-state index in [1.165, 1.54) is 22.3 Å². The molecule has 5 atom stereocenters. The summed E-state index contributed by atoms with van der Waals surface area (Å²) in [7, 11) is 3.62. The summed E-state index contributed by atoms with van der Waals surface area (Å²) >= 11 is 0. The van der Waals surface area contributed by atoms with Crippen molar-refractivity contribution in [2.24, 2.45) is 29.6 Å². The molecule has 1 aliphatic heterocycles. The van der Waals surface area contributed by atoms with Gasteiger partial charge in [0.2, 0.25) is 0 Å². The van der Waals surface area contributed by atoms with Crippen molar-refractivity contribution in [2.45, 2.75) is 78.7 Å². The third-order valence-corrected chi connectivity index (χ3v) is 9.75. The van der Waals surface area contributed by atoms with Gasteiger partial charge in [-0.15, -0.1) is 0 Å². The maximum atomic E-state index is 5.53. The van der Waals surface area contributed by atoms with Crippen molar-refractivity contribution >= 4 is 5.69 Å². The number of benzene rings is 2. The summed E-state index contributed by atoms with van der Waals surface area (Å²) in [6, 6.07) is 17.1. The van der Waals surface area contributed by atoms with Gasteiger partial charge < -0.3 is 20.7 Å². The van der Waals surface area contributed by atoms with E-state index in [9.17, 15) is 0 Å². The average Bonchev–Trinajstić information content (AvgIpc) is 3.04. The van der Waals surface area contributed by atoms with Crippen LogP contribution in [0.25, 0.3) is 0 Å². The van der Waals surface area contributed by atoms with E-state index in [0.29, 0.717) is 29.6 Å². The Labute approximate surface area is 281 Å². The number of nitrogens with one attached hydrogen (secondary N) is 3. The van der Waals surface area contributed by atoms with Gasteiger partial charge in [0.1, 0.15) is 5.75 Å². The van der Waals surface area contributed by atoms with Crippen molar-refractivity contribution in [1.82, 2.24) is 10.6 Å². The number of rotatable bonds is 10. The molecule has 0 aromatic heterocycles. The third kappa shape index (κ3) is 11.6. The molecule has 250 valence electrons. The highest BCUT2D eigenvalue weighted by Crippen LogP contribution is 2.36. The second-order valence-corrected chi connectivity index (χ2v) is 14.0. The molecule has 46 heavy (non-hydrogen) atoms. The largest absolute Gasteiger partial charge is 0.495 e. The molecule has 3 unspecified atom stereocenters. The molecule has 1 aliphatic rings. The van der Waals surface area contributed by atoms with Crippen molar-refractivity contribution < 1.29 is 4.74 Å². The molecule has 4 nitrogen and oxygen atoms in total. The summed E-state index contributed by atoms with van der Waals surface area (Å²) in [5.74, 6) is 3.28. The minimum absolute atomic E-state index is 0.0299. The van der Waals surface area contributed by atoms with Crippen LogP contribution >= 0.6 is 0 Å². The fourth-order valence-electron chi connectivity index (χ4n) is 6.56. The van der Waals surface area contributed by atoms with E-state index in [4.69, 9.17) is 11.3 Å². The first-order valence-electron chi connectivity index (χ1n) is 17.3. The number of aryl methyl sites for hydroxylation is 1. The summed E-state index contributed by atoms with van der Waals surface area (Å²) < 4.78 is 5.53. The quantitative estimate of drug-likeness (QED) is 0.231. The first-order chi connectivity index (χ1) is 22.0. The second-order valence-electron chi connectivity index (χ2n) is 14.0. The summed E-state index contributed by atoms with van der Waals surface area (Å²) in [5.41, 5.74) is 8.10. The Morgan fingerprint density at radius 1 is 0.957 bits per heavy atom. The summed E-state index contributed by atoms with van der Waals surface area (Å²) in [6.45, 7) is 28.4. The minimum atomic E-state index is -0.0299. The van der Waals surface area contributed by atoms with Gasteiger partial charge in [0.15, 0.2) is 0 Å². The van der Waals surface area contributed by atoms with Crippen molar-refractivity contribution in [2.75, 3.05) is 26.0 Å². The monoisotopic (exact) mass is 623 g/mol. The van der Waals surface area contributed by atoms with Crippen molar-refractivity contribution in [3.05, 3.63) is 121 Å². The number of hydrogen-bond acceptors (Lipinski definition) is 4. The van der Waals surface area contributed by atoms with E-state index >= 15 is 0 Å². The van der Waals surface area contributed by atoms with Crippen LogP contribution in [-0.2, 0) is 12.8 Å². The topological polar surface area (TPSA) is 45.3 Å². The molecule has 0 amide bonds. The Kier molecular flexibility index (Phi) is 14.8. The molecule has 0 spiro atoms. The van der Waals surface area contributed by atoms with Gasteiger partial charge in [0.25, 0.3) is 0 Å². The Morgan fingerprint density at radius 2 is 1.70 bits per heavy atom. The van der Waals surface area contributed by atoms with Gasteiger partial charge in [-0.1, -0.05) is 108 Å². The summed E-state index contributed by atoms with van der Waals surface area (Å²) in [4.78, 5) is 0. The number of ether oxygens (including phenoxy) is 1. The van der Waals surface area contributed by atoms with Crippen molar-refractivity contribution in [3.63, 3.8) is 0 Å². The zero-order chi connectivity index (χ0) is 33.6. The van der Waals surface area contributed by atoms with Crippen molar-refractivity contribution in [1.29, 1.82) is 0 Å². The van der Waals surface area contributed by atoms with Crippen LogP contribution < -0.4 is 20.7 Å². The van der Waals surface area contributed by atoms with Gasteiger partial charge in [-0.25, -0.2) is 0 Å². The lowest BCUT2D eigenvalue weighted by molar-refractivity contribution is 0.319. The highest BCUT2D eigenvalue weighted by Gasteiger charge is 2.24. The molecule has 3 rings (SSSR count). The standard InChI is InChI=1S/C42H61N3O/c1-29(2)23-39-24-31(4)33(6)28-44-35(8)40(26-37-21-22-42(46-10)41(27-37)43-9)45-34(7)15-14-18-38(25-32(39)5)30(3)19-20-36-16-12-11-13-17-36/h11-17,21-22,27,29-30,33,38-40,43-45H,4-5,7-8,18-20,23-26,28H2,1-3,6,9-10H3/b15-14+/t30?,33?,38-,39?,40-/m1/s1. The van der Waals surface area contributed by atoms with Gasteiger partial charge in [-0.05, 0) is 104 Å².